The van der Waals surface area contributed by atoms with Gasteiger partial charge >= 0.3 is 5.97 Å². The van der Waals surface area contributed by atoms with E-state index in [4.69, 9.17) is 9.15 Å². The minimum Gasteiger partial charge on any atom is -0.461 e. The van der Waals surface area contributed by atoms with Gasteiger partial charge in [-0.2, -0.15) is 0 Å². The molecule has 0 atom stereocenters. The molecule has 0 aliphatic carbocycles. The quantitative estimate of drug-likeness (QED) is 0.683. The molecule has 1 amide bonds. The molecule has 3 rings (SSSR count). The number of carbonyl (C=O) groups excluding carboxylic acids is 2. The molecule has 0 aromatic carbocycles. The molecule has 1 N–H and O–H groups in total. The second kappa shape index (κ2) is 6.43. The Morgan fingerprint density at radius 2 is 2.20 bits per heavy atom. The number of esters is 1. The number of fused-ring (bicyclic) bond motifs is 1. The van der Waals surface area contributed by atoms with Crippen molar-refractivity contribution in [3.05, 3.63) is 33.7 Å². The molecule has 25 heavy (non-hydrogen) atoms. The van der Waals surface area contributed by atoms with Crippen molar-refractivity contribution in [3.63, 3.8) is 0 Å². The molecule has 130 valence electrons. The predicted molar refractivity (Wildman–Crippen MR) is 87.8 cm³/mol. The molecule has 0 bridgehead atoms. The Balaban J connectivity index is 2.01. The summed E-state index contributed by atoms with van der Waals surface area (Å²) in [6, 6.07) is 0. The van der Waals surface area contributed by atoms with Crippen LogP contribution >= 0.6 is 11.5 Å². The second-order valence-corrected chi connectivity index (χ2v) is 5.75. The van der Waals surface area contributed by atoms with Gasteiger partial charge in [-0.25, -0.2) is 9.78 Å². The third kappa shape index (κ3) is 2.89. The number of nitrogens with zero attached hydrogens (tertiary/aromatic N) is 4. The van der Waals surface area contributed by atoms with Crippen LogP contribution in [0.15, 0.2) is 15.5 Å². The lowest BCUT2D eigenvalue weighted by atomic mass is 10.2. The standard InChI is InChI=1S/C14H13N5O5S/c1-4-23-14(22)9-12(25-18-17-9)16-10(20)7-6(2)24-11-8(7)13(21)19(3)5-15-11/h5H,4H2,1-3H3,(H,16,20). The molecule has 11 heteroatoms. The van der Waals surface area contributed by atoms with E-state index < -0.39 is 17.4 Å². The van der Waals surface area contributed by atoms with E-state index in [1.807, 2.05) is 0 Å². The maximum Gasteiger partial charge on any atom is 0.362 e. The van der Waals surface area contributed by atoms with E-state index in [1.54, 1.807) is 13.8 Å². The lowest BCUT2D eigenvalue weighted by Gasteiger charge is -2.04. The van der Waals surface area contributed by atoms with Crippen LogP contribution in [0.5, 0.6) is 0 Å². The second-order valence-electron chi connectivity index (χ2n) is 5.00. The maximum atomic E-state index is 12.7. The number of aromatic nitrogens is 4. The number of hydrogen-bond donors (Lipinski definition) is 1. The molecule has 0 aliphatic heterocycles. The topological polar surface area (TPSA) is 129 Å². The van der Waals surface area contributed by atoms with Gasteiger partial charge in [-0.05, 0) is 13.8 Å². The first-order valence-corrected chi connectivity index (χ1v) is 7.97. The molecule has 0 aliphatic rings. The van der Waals surface area contributed by atoms with E-state index in [0.29, 0.717) is 0 Å². The van der Waals surface area contributed by atoms with Gasteiger partial charge in [0.25, 0.3) is 11.5 Å². The summed E-state index contributed by atoms with van der Waals surface area (Å²) in [7, 11) is 1.52. The molecular weight excluding hydrogens is 350 g/mol. The molecule has 0 spiro atoms. The molecule has 10 nitrogen and oxygen atoms in total. The third-order valence-electron chi connectivity index (χ3n) is 3.36. The van der Waals surface area contributed by atoms with Gasteiger partial charge in [0.15, 0.2) is 5.00 Å². The van der Waals surface area contributed by atoms with Crippen LogP contribution in [0.2, 0.25) is 0 Å². The highest BCUT2D eigenvalue weighted by Gasteiger charge is 2.25. The van der Waals surface area contributed by atoms with Gasteiger partial charge in [0.05, 0.1) is 12.2 Å². The Morgan fingerprint density at radius 3 is 2.92 bits per heavy atom. The SMILES string of the molecule is CCOC(=O)c1nnsc1NC(=O)c1c(C)oc2ncn(C)c(=O)c12. The minimum absolute atomic E-state index is 0.0481. The Hall–Kier alpha value is -3.08. The van der Waals surface area contributed by atoms with Crippen molar-refractivity contribution >= 4 is 39.5 Å². The molecule has 3 heterocycles. The smallest absolute Gasteiger partial charge is 0.362 e. The van der Waals surface area contributed by atoms with Crippen LogP contribution < -0.4 is 10.9 Å². The summed E-state index contributed by atoms with van der Waals surface area (Å²) in [6.07, 6.45) is 1.31. The number of aryl methyl sites for hydroxylation is 2. The van der Waals surface area contributed by atoms with E-state index in [-0.39, 0.29) is 39.7 Å². The molecule has 0 saturated carbocycles. The maximum absolute atomic E-state index is 12.7. The average molecular weight is 363 g/mol. The molecule has 0 radical (unpaired) electrons. The average Bonchev–Trinajstić information content (AvgIpc) is 3.15. The molecule has 0 unspecified atom stereocenters. The van der Waals surface area contributed by atoms with Crippen LogP contribution in [0, 0.1) is 6.92 Å². The summed E-state index contributed by atoms with van der Waals surface area (Å²) in [4.78, 5) is 40.8. The number of carbonyl (C=O) groups is 2. The Kier molecular flexibility index (Phi) is 4.31. The zero-order valence-electron chi connectivity index (χ0n) is 13.5. The highest BCUT2D eigenvalue weighted by atomic mass is 32.1. The summed E-state index contributed by atoms with van der Waals surface area (Å²) in [5, 5.41) is 6.38. The van der Waals surface area contributed by atoms with E-state index in [1.165, 1.54) is 17.9 Å². The minimum atomic E-state index is -0.696. The molecule has 3 aromatic heterocycles. The Bertz CT molecular complexity index is 1030. The third-order valence-corrected chi connectivity index (χ3v) is 4.00. The number of amides is 1. The summed E-state index contributed by atoms with van der Waals surface area (Å²) in [6.45, 7) is 3.36. The van der Waals surface area contributed by atoms with Crippen LogP contribution in [0.1, 0.15) is 33.5 Å². The van der Waals surface area contributed by atoms with Crippen molar-refractivity contribution in [1.82, 2.24) is 19.1 Å². The largest absolute Gasteiger partial charge is 0.461 e. The van der Waals surface area contributed by atoms with Gasteiger partial charge in [-0.15, -0.1) is 5.10 Å². The first-order chi connectivity index (χ1) is 11.9. The first kappa shape index (κ1) is 16.8. The van der Waals surface area contributed by atoms with Gasteiger partial charge in [-0.1, -0.05) is 4.49 Å². The normalized spacial score (nSPS) is 10.8. The van der Waals surface area contributed by atoms with Crippen molar-refractivity contribution < 1.29 is 18.7 Å². The highest BCUT2D eigenvalue weighted by Crippen LogP contribution is 2.24. The van der Waals surface area contributed by atoms with Gasteiger partial charge in [0.2, 0.25) is 11.4 Å². The molecule has 0 fully saturated rings. The number of nitrogens with one attached hydrogen (secondary N) is 1. The molecular formula is C14H13N5O5S. The van der Waals surface area contributed by atoms with Gasteiger partial charge in [0, 0.05) is 18.6 Å². The zero-order chi connectivity index (χ0) is 18.1. The number of rotatable bonds is 4. The number of furan rings is 1. The Labute approximate surface area is 144 Å². The van der Waals surface area contributed by atoms with Crippen LogP contribution in [-0.2, 0) is 11.8 Å². The summed E-state index contributed by atoms with van der Waals surface area (Å²) in [5.74, 6) is -1.09. The fraction of sp³-hybridized carbons (Fsp3) is 0.286. The fourth-order valence-electron chi connectivity index (χ4n) is 2.23. The first-order valence-electron chi connectivity index (χ1n) is 7.19. The zero-order valence-corrected chi connectivity index (χ0v) is 14.3. The van der Waals surface area contributed by atoms with E-state index in [0.717, 1.165) is 11.5 Å². The number of hydrogen-bond acceptors (Lipinski definition) is 9. The van der Waals surface area contributed by atoms with E-state index in [2.05, 4.69) is 19.9 Å². The fourth-order valence-corrected chi connectivity index (χ4v) is 2.79. The van der Waals surface area contributed by atoms with Gasteiger partial charge in [-0.3, -0.25) is 9.59 Å². The van der Waals surface area contributed by atoms with Crippen molar-refractivity contribution in [2.45, 2.75) is 13.8 Å². The van der Waals surface area contributed by atoms with Crippen LogP contribution in [0.4, 0.5) is 5.00 Å². The van der Waals surface area contributed by atoms with E-state index in [9.17, 15) is 14.4 Å². The van der Waals surface area contributed by atoms with Gasteiger partial charge < -0.3 is 19.0 Å². The van der Waals surface area contributed by atoms with Gasteiger partial charge in [0.1, 0.15) is 17.5 Å². The molecule has 3 aromatic rings. The molecule has 0 saturated heterocycles. The Morgan fingerprint density at radius 1 is 1.44 bits per heavy atom. The van der Waals surface area contributed by atoms with Crippen LogP contribution in [-0.4, -0.2) is 37.6 Å². The predicted octanol–water partition coefficient (Wildman–Crippen LogP) is 1.12. The van der Waals surface area contributed by atoms with Crippen LogP contribution in [0.25, 0.3) is 11.1 Å². The van der Waals surface area contributed by atoms with Crippen LogP contribution in [0.3, 0.4) is 0 Å². The lowest BCUT2D eigenvalue weighted by Crippen LogP contribution is -2.21. The van der Waals surface area contributed by atoms with Crippen molar-refractivity contribution in [2.24, 2.45) is 7.05 Å². The summed E-state index contributed by atoms with van der Waals surface area (Å²) < 4.78 is 15.1. The van der Waals surface area contributed by atoms with Crippen molar-refractivity contribution in [1.29, 1.82) is 0 Å². The number of ether oxygens (including phenoxy) is 1. The highest BCUT2D eigenvalue weighted by molar-refractivity contribution is 7.10. The van der Waals surface area contributed by atoms with E-state index >= 15 is 0 Å². The van der Waals surface area contributed by atoms with Crippen molar-refractivity contribution in [3.8, 4) is 0 Å². The monoisotopic (exact) mass is 363 g/mol. The lowest BCUT2D eigenvalue weighted by molar-refractivity contribution is 0.0520. The summed E-state index contributed by atoms with van der Waals surface area (Å²) in [5.41, 5.74) is -0.401. The summed E-state index contributed by atoms with van der Waals surface area (Å²) >= 11 is 0.824. The van der Waals surface area contributed by atoms with Crippen molar-refractivity contribution in [2.75, 3.05) is 11.9 Å². The number of anilines is 1.